The van der Waals surface area contributed by atoms with E-state index in [2.05, 4.69) is 15.9 Å². The number of aliphatic carboxylic acids is 1. The van der Waals surface area contributed by atoms with Gasteiger partial charge >= 0.3 is 5.97 Å². The summed E-state index contributed by atoms with van der Waals surface area (Å²) in [6.07, 6.45) is 0.649. The van der Waals surface area contributed by atoms with Crippen LogP contribution >= 0.6 is 15.9 Å². The number of carbonyl (C=O) groups is 2. The van der Waals surface area contributed by atoms with Crippen molar-refractivity contribution >= 4 is 43.5 Å². The number of halogens is 1. The average Bonchev–Trinajstić information content (AvgIpc) is 2.78. The molecule has 1 aliphatic rings. The number of amides is 1. The zero-order valence-electron chi connectivity index (χ0n) is 11.1. The van der Waals surface area contributed by atoms with Gasteiger partial charge in [0.2, 0.25) is 15.9 Å². The van der Waals surface area contributed by atoms with E-state index in [-0.39, 0.29) is 10.8 Å². The lowest BCUT2D eigenvalue weighted by molar-refractivity contribution is -0.135. The maximum atomic E-state index is 12.1. The Bertz CT molecular complexity index is 717. The first-order valence-electron chi connectivity index (χ1n) is 6.04. The molecule has 1 amide bonds. The number of nitrogens with zero attached hydrogens (tertiary/aromatic N) is 1. The Balaban J connectivity index is 2.44. The van der Waals surface area contributed by atoms with Crippen molar-refractivity contribution in [3.8, 4) is 0 Å². The second-order valence-corrected chi connectivity index (χ2v) is 7.14. The Hall–Kier alpha value is -1.45. The van der Waals surface area contributed by atoms with Gasteiger partial charge in [0.25, 0.3) is 0 Å². The van der Waals surface area contributed by atoms with E-state index in [9.17, 15) is 18.0 Å². The maximum Gasteiger partial charge on any atom is 0.318 e. The molecule has 0 saturated heterocycles. The van der Waals surface area contributed by atoms with Crippen molar-refractivity contribution in [3.63, 3.8) is 0 Å². The number of anilines is 1. The summed E-state index contributed by atoms with van der Waals surface area (Å²) in [5.74, 6) is -1.45. The highest BCUT2D eigenvalue weighted by Crippen LogP contribution is 2.35. The van der Waals surface area contributed by atoms with Gasteiger partial charge in [-0.3, -0.25) is 9.59 Å². The van der Waals surface area contributed by atoms with Gasteiger partial charge in [-0.25, -0.2) is 8.42 Å². The first-order chi connectivity index (χ1) is 9.72. The molecule has 0 aromatic heterocycles. The Labute approximate surface area is 130 Å². The van der Waals surface area contributed by atoms with Crippen molar-refractivity contribution in [1.82, 2.24) is 4.72 Å². The number of nitrogens with one attached hydrogen (secondary N) is 1. The third-order valence-electron chi connectivity index (χ3n) is 3.11. The van der Waals surface area contributed by atoms with E-state index in [0.717, 1.165) is 5.56 Å². The summed E-state index contributed by atoms with van der Waals surface area (Å²) in [4.78, 5) is 23.5. The van der Waals surface area contributed by atoms with E-state index in [1.54, 1.807) is 6.07 Å². The maximum absolute atomic E-state index is 12.1. The monoisotopic (exact) mass is 376 g/mol. The Morgan fingerprint density at radius 2 is 2.10 bits per heavy atom. The minimum absolute atomic E-state index is 0.0874. The van der Waals surface area contributed by atoms with Gasteiger partial charge in [0.15, 0.2) is 0 Å². The molecule has 0 fully saturated rings. The van der Waals surface area contributed by atoms with Crippen molar-refractivity contribution in [1.29, 1.82) is 0 Å². The summed E-state index contributed by atoms with van der Waals surface area (Å²) in [6.45, 7) is 1.21. The first kappa shape index (κ1) is 15.9. The number of carboxylic acids is 1. The van der Waals surface area contributed by atoms with Gasteiger partial charge in [-0.2, -0.15) is 4.72 Å². The predicted octanol–water partition coefficient (Wildman–Crippen LogP) is 0.721. The molecular formula is C12H13BrN2O5S. The Morgan fingerprint density at radius 3 is 2.67 bits per heavy atom. The van der Waals surface area contributed by atoms with Crippen LogP contribution in [0.3, 0.4) is 0 Å². The molecule has 2 rings (SSSR count). The summed E-state index contributed by atoms with van der Waals surface area (Å²) in [7, 11) is -3.97. The highest BCUT2D eigenvalue weighted by molar-refractivity contribution is 9.10. The van der Waals surface area contributed by atoms with Gasteiger partial charge in [-0.15, -0.1) is 0 Å². The van der Waals surface area contributed by atoms with Crippen LogP contribution in [-0.2, 0) is 26.0 Å². The summed E-state index contributed by atoms with van der Waals surface area (Å²) < 4.78 is 26.6. The molecule has 2 N–H and O–H groups in total. The molecule has 21 heavy (non-hydrogen) atoms. The molecule has 0 aliphatic carbocycles. The van der Waals surface area contributed by atoms with Crippen LogP contribution < -0.4 is 9.62 Å². The molecule has 9 heteroatoms. The fourth-order valence-electron chi connectivity index (χ4n) is 2.16. The summed E-state index contributed by atoms with van der Waals surface area (Å²) in [5.41, 5.74) is 1.41. The average molecular weight is 377 g/mol. The molecule has 1 aromatic carbocycles. The highest BCUT2D eigenvalue weighted by Gasteiger charge is 2.27. The molecule has 7 nitrogen and oxygen atoms in total. The van der Waals surface area contributed by atoms with Crippen molar-refractivity contribution in [2.24, 2.45) is 0 Å². The molecule has 0 radical (unpaired) electrons. The summed E-state index contributed by atoms with van der Waals surface area (Å²) in [5, 5.41) is 8.57. The molecule has 0 saturated carbocycles. The van der Waals surface area contributed by atoms with Crippen LogP contribution in [0.4, 0.5) is 5.69 Å². The standard InChI is InChI=1S/C12H13BrN2O5S/c1-7(16)15-3-2-8-4-9(13)11(5-10(8)15)21(19,20)14-6-12(17)18/h4-5,14H,2-3,6H2,1H3,(H,17,18). The quantitative estimate of drug-likeness (QED) is 0.805. The van der Waals surface area contributed by atoms with Crippen LogP contribution in [-0.4, -0.2) is 38.5 Å². The van der Waals surface area contributed by atoms with Crippen molar-refractivity contribution in [2.45, 2.75) is 18.2 Å². The Morgan fingerprint density at radius 1 is 1.43 bits per heavy atom. The van der Waals surface area contributed by atoms with E-state index in [1.807, 2.05) is 4.72 Å². The summed E-state index contributed by atoms with van der Waals surface area (Å²) >= 11 is 3.18. The third kappa shape index (κ3) is 3.25. The zero-order valence-corrected chi connectivity index (χ0v) is 13.5. The van der Waals surface area contributed by atoms with Gasteiger partial charge in [0.1, 0.15) is 6.54 Å². The van der Waals surface area contributed by atoms with Gasteiger partial charge in [0.05, 0.1) is 4.90 Å². The van der Waals surface area contributed by atoms with E-state index in [0.29, 0.717) is 23.1 Å². The zero-order chi connectivity index (χ0) is 15.8. The number of benzene rings is 1. The number of rotatable bonds is 4. The van der Waals surface area contributed by atoms with Gasteiger partial charge < -0.3 is 10.0 Å². The summed E-state index contributed by atoms with van der Waals surface area (Å²) in [6, 6.07) is 3.03. The second-order valence-electron chi connectivity index (χ2n) is 4.55. The number of carbonyl (C=O) groups excluding carboxylic acids is 1. The van der Waals surface area contributed by atoms with E-state index < -0.39 is 22.5 Å². The van der Waals surface area contributed by atoms with E-state index >= 15 is 0 Å². The first-order valence-corrected chi connectivity index (χ1v) is 8.32. The molecule has 114 valence electrons. The van der Waals surface area contributed by atoms with Crippen molar-refractivity contribution < 1.29 is 23.1 Å². The molecule has 1 heterocycles. The van der Waals surface area contributed by atoms with Gasteiger partial charge in [-0.05, 0) is 40.0 Å². The van der Waals surface area contributed by atoms with Crippen LogP contribution in [0.2, 0.25) is 0 Å². The molecule has 0 spiro atoms. The minimum Gasteiger partial charge on any atom is -0.480 e. The fraction of sp³-hybridized carbons (Fsp3) is 0.333. The molecule has 0 atom stereocenters. The molecule has 1 aliphatic heterocycles. The highest BCUT2D eigenvalue weighted by atomic mass is 79.9. The minimum atomic E-state index is -3.97. The molecular weight excluding hydrogens is 364 g/mol. The van der Waals surface area contributed by atoms with Crippen LogP contribution in [0.25, 0.3) is 0 Å². The fourth-order valence-corrected chi connectivity index (χ4v) is 4.24. The van der Waals surface area contributed by atoms with Gasteiger partial charge in [0, 0.05) is 23.6 Å². The second kappa shape index (κ2) is 5.74. The molecule has 0 bridgehead atoms. The lowest BCUT2D eigenvalue weighted by Crippen LogP contribution is -2.30. The normalized spacial score (nSPS) is 14.1. The molecule has 1 aromatic rings. The number of sulfonamides is 1. The largest absolute Gasteiger partial charge is 0.480 e. The Kier molecular flexibility index (Phi) is 4.35. The molecule has 0 unspecified atom stereocenters. The SMILES string of the molecule is CC(=O)N1CCc2cc(Br)c(S(=O)(=O)NCC(=O)O)cc21. The number of hydrogen-bond donors (Lipinski definition) is 2. The lowest BCUT2D eigenvalue weighted by Gasteiger charge is -2.16. The van der Waals surface area contributed by atoms with E-state index in [4.69, 9.17) is 5.11 Å². The van der Waals surface area contributed by atoms with Crippen LogP contribution in [0.15, 0.2) is 21.5 Å². The van der Waals surface area contributed by atoms with Crippen LogP contribution in [0.1, 0.15) is 12.5 Å². The van der Waals surface area contributed by atoms with E-state index in [1.165, 1.54) is 17.9 Å². The van der Waals surface area contributed by atoms with Crippen molar-refractivity contribution in [2.75, 3.05) is 18.0 Å². The predicted molar refractivity (Wildman–Crippen MR) is 78.7 cm³/mol. The third-order valence-corrected chi connectivity index (χ3v) is 5.47. The number of carboxylic acid groups (broad SMARTS) is 1. The number of hydrogen-bond acceptors (Lipinski definition) is 4. The number of fused-ring (bicyclic) bond motifs is 1. The van der Waals surface area contributed by atoms with Crippen molar-refractivity contribution in [3.05, 3.63) is 22.2 Å². The topological polar surface area (TPSA) is 104 Å². The lowest BCUT2D eigenvalue weighted by atomic mass is 10.2. The van der Waals surface area contributed by atoms with Gasteiger partial charge in [-0.1, -0.05) is 0 Å². The van der Waals surface area contributed by atoms with Crippen LogP contribution in [0.5, 0.6) is 0 Å². The smallest absolute Gasteiger partial charge is 0.318 e. The van der Waals surface area contributed by atoms with Crippen LogP contribution in [0, 0.1) is 0 Å².